The Balaban J connectivity index is 0.913. The lowest BCUT2D eigenvalue weighted by Gasteiger charge is -2.44. The van der Waals surface area contributed by atoms with Crippen molar-refractivity contribution >= 4 is 65.5 Å². The van der Waals surface area contributed by atoms with Gasteiger partial charge in [-0.05, 0) is 78.9 Å². The molecule has 2 saturated heterocycles. The highest BCUT2D eigenvalue weighted by molar-refractivity contribution is 6.09. The molecule has 5 heterocycles. The van der Waals surface area contributed by atoms with Gasteiger partial charge in [-0.1, -0.05) is 6.58 Å². The van der Waals surface area contributed by atoms with E-state index in [-0.39, 0.29) is 24.3 Å². The third-order valence-electron chi connectivity index (χ3n) is 21.2. The lowest BCUT2D eigenvalue weighted by atomic mass is 9.81. The normalized spacial score (nSPS) is 21.1. The van der Waals surface area contributed by atoms with Crippen LogP contribution in [0.1, 0.15) is 111 Å². The maximum atomic E-state index is 15.7. The molecule has 53 heteroatoms. The van der Waals surface area contributed by atoms with Crippen molar-refractivity contribution in [3.63, 3.8) is 0 Å². The molecule has 5 aliphatic heterocycles. The van der Waals surface area contributed by atoms with E-state index in [0.717, 1.165) is 0 Å². The quantitative estimate of drug-likeness (QED) is 0.0191. The van der Waals surface area contributed by atoms with Gasteiger partial charge in [0.15, 0.2) is 157 Å². The molecule has 0 radical (unpaired) electrons. The van der Waals surface area contributed by atoms with E-state index in [1.165, 1.54) is 0 Å². The molecule has 53 nitrogen and oxygen atoms in total. The average molecular weight is 1910 g/mol. The highest BCUT2D eigenvalue weighted by atomic mass is 16.8. The van der Waals surface area contributed by atoms with Crippen molar-refractivity contribution in [2.24, 2.45) is 0 Å². The molecular weight excluding hydrogens is 1840 g/mol. The Morgan fingerprint density at radius 2 is 0.794 bits per heavy atom. The molecule has 0 aromatic heterocycles. The number of aromatic hydroxyl groups is 25. The van der Waals surface area contributed by atoms with Crippen LogP contribution in [0.2, 0.25) is 0 Å². The van der Waals surface area contributed by atoms with Gasteiger partial charge in [0.05, 0.1) is 56.8 Å². The minimum atomic E-state index is -4.33. The number of fused-ring (bicyclic) bond motifs is 3. The van der Waals surface area contributed by atoms with Crippen LogP contribution in [-0.4, -0.2) is 295 Å². The highest BCUT2D eigenvalue weighted by Gasteiger charge is 2.67. The fraction of sp³-hybridized carbons (Fsp3) is 0.193. The second-order valence-corrected chi connectivity index (χ2v) is 29.6. The van der Waals surface area contributed by atoms with Crippen molar-refractivity contribution < 1.29 is 262 Å². The standard InChI is InChI=1S/C83H62O53/c1-2-46(97)82(120,121)83(122)29-17-47(98)128-64-44-19-124-76(116)27-16-43(59(107)61(109)50(27)49-26(14-40(94)56(104)60(49)108)78(118)131-67(64)69(132-77(117)25-13-42(96)58(106)66(136-83)48(25)29)80(126-44)134-74(114)23-9-36(90)54(102)37(91)10-23)125-63-28(15-41(95)57(105)62(63)110)79(119)133-70-68(130-73(113)22-7-34(88)53(101)35(89)8-22)65(129-72(112)21-5-32(86)52(100)33(87)6-21)45(18-123-71(111)20-3-30(84)51(99)31(85)4-20)127-81(70)135-75(115)24-11-38(92)55(103)39(93)12-24/h2-16,29,44-45,64-65,67-70,80-81,84-96,99-110,120-122H,1,17-19H2. The van der Waals surface area contributed by atoms with E-state index in [2.05, 4.69) is 6.58 Å². The fourth-order valence-electron chi connectivity index (χ4n) is 14.5. The second kappa shape index (κ2) is 34.7. The molecule has 2 fully saturated rings. The Labute approximate surface area is 748 Å². The molecule has 28 N–H and O–H groups in total. The number of aliphatic hydroxyl groups is 3. The van der Waals surface area contributed by atoms with Crippen LogP contribution in [0.15, 0.2) is 97.6 Å². The lowest BCUT2D eigenvalue weighted by Crippen LogP contribution is -2.64. The van der Waals surface area contributed by atoms with Crippen LogP contribution in [0.4, 0.5) is 0 Å². The summed E-state index contributed by atoms with van der Waals surface area (Å²) in [6.45, 7) is -0.165. The molecule has 12 unspecified atom stereocenters. The van der Waals surface area contributed by atoms with E-state index >= 15 is 19.2 Å². The first-order chi connectivity index (χ1) is 63.9. The van der Waals surface area contributed by atoms with Gasteiger partial charge >= 0.3 is 59.7 Å². The summed E-state index contributed by atoms with van der Waals surface area (Å²) >= 11 is 0. The minimum Gasteiger partial charge on any atom is -0.504 e. The lowest BCUT2D eigenvalue weighted by molar-refractivity contribution is -0.324. The van der Waals surface area contributed by atoms with Crippen molar-refractivity contribution in [2.45, 2.75) is 85.3 Å². The zero-order valence-corrected chi connectivity index (χ0v) is 67.1. The number of cyclic esters (lactones) is 1. The summed E-state index contributed by atoms with van der Waals surface area (Å²) in [5.74, 6) is -74.3. The zero-order valence-electron chi connectivity index (χ0n) is 67.1. The van der Waals surface area contributed by atoms with Crippen molar-refractivity contribution in [2.75, 3.05) is 13.2 Å². The number of rotatable bonds is 18. The first-order valence-corrected chi connectivity index (χ1v) is 37.9. The second-order valence-electron chi connectivity index (χ2n) is 29.6. The van der Waals surface area contributed by atoms with E-state index in [1.807, 2.05) is 0 Å². The number of esters is 10. The van der Waals surface area contributed by atoms with E-state index in [4.69, 9.17) is 66.3 Å². The molecule has 12 atom stereocenters. The maximum Gasteiger partial charge on any atom is 0.342 e. The first kappa shape index (κ1) is 93.6. The molecule has 712 valence electrons. The van der Waals surface area contributed by atoms with Gasteiger partial charge < -0.3 is 209 Å². The number of carbonyl (C=O) groups excluding carboxylic acids is 11. The molecule has 14 rings (SSSR count). The summed E-state index contributed by atoms with van der Waals surface area (Å²) in [5, 5.41) is 307. The number of benzene rings is 9. The van der Waals surface area contributed by atoms with Crippen LogP contribution >= 0.6 is 0 Å². The molecule has 0 spiro atoms. The van der Waals surface area contributed by atoms with Crippen molar-refractivity contribution in [1.82, 2.24) is 0 Å². The molecule has 0 saturated carbocycles. The smallest absolute Gasteiger partial charge is 0.342 e. The summed E-state index contributed by atoms with van der Waals surface area (Å²) in [7, 11) is 0. The number of ketones is 1. The fourth-order valence-corrected chi connectivity index (χ4v) is 14.5. The molecule has 9 aromatic rings. The van der Waals surface area contributed by atoms with Crippen LogP contribution in [0.5, 0.6) is 161 Å². The SMILES string of the molecule is C=CC(=O)C(O)(O)C1(O)Oc2c(O)c(O)cc3c2C1CC(=O)OC1C2COC(=O)c4cc(Oc5c(C(=O)OC6C(OC(=O)c7cc(O)c(O)c(O)c7)OC(COC(=O)c7cc(O)c(O)c(O)c7)C(OC(=O)c7cc(O)c(O)c(O)c7)C6OC(=O)c6cc(O)c(O)c(O)c6)cc(O)c(O)c5O)c(O)c(O)c4-c4c(cc(O)c(O)c4O)C(=O)OC1C(OC3=O)C(OC(=O)c1cc(O)c(O)c(O)c1)O2. The number of hydrogen-bond acceptors (Lipinski definition) is 53. The summed E-state index contributed by atoms with van der Waals surface area (Å²) in [4.78, 5) is 162. The molecule has 0 amide bonds. The maximum absolute atomic E-state index is 15.7. The van der Waals surface area contributed by atoms with Gasteiger partial charge in [-0.3, -0.25) is 9.59 Å². The van der Waals surface area contributed by atoms with Gasteiger partial charge in [0.2, 0.25) is 59.3 Å². The van der Waals surface area contributed by atoms with Gasteiger partial charge in [-0.15, -0.1) is 0 Å². The van der Waals surface area contributed by atoms with E-state index in [1.54, 1.807) is 0 Å². The van der Waals surface area contributed by atoms with E-state index < -0.39 is 392 Å². The molecule has 5 aliphatic rings. The number of hydrogen-bond donors (Lipinski definition) is 28. The van der Waals surface area contributed by atoms with Crippen molar-refractivity contribution in [3.8, 4) is 172 Å². The Hall–Kier alpha value is -18.5. The third-order valence-corrected chi connectivity index (χ3v) is 21.2. The summed E-state index contributed by atoms with van der Waals surface area (Å²) < 4.78 is 79.8. The number of phenols is 25. The summed E-state index contributed by atoms with van der Waals surface area (Å²) in [6.07, 6.45) is -30.1. The van der Waals surface area contributed by atoms with Gasteiger partial charge in [0, 0.05) is 28.8 Å². The molecule has 9 aromatic carbocycles. The molecule has 136 heavy (non-hydrogen) atoms. The van der Waals surface area contributed by atoms with Gasteiger partial charge in [0.1, 0.15) is 31.0 Å². The summed E-state index contributed by atoms with van der Waals surface area (Å²) in [5.41, 5.74) is -15.1. The van der Waals surface area contributed by atoms with Gasteiger partial charge in [-0.2, -0.15) is 0 Å². The third kappa shape index (κ3) is 16.4. The minimum absolute atomic E-state index is 0.0440. The Kier molecular flexibility index (Phi) is 23.9. The summed E-state index contributed by atoms with van der Waals surface area (Å²) in [6, 6.07) is 4.64. The molecule has 4 bridgehead atoms. The van der Waals surface area contributed by atoms with E-state index in [9.17, 15) is 177 Å². The Bertz CT molecular complexity index is 6550. The number of carbonyl (C=O) groups is 11. The van der Waals surface area contributed by atoms with Crippen molar-refractivity contribution in [3.05, 3.63) is 153 Å². The van der Waals surface area contributed by atoms with E-state index in [0.29, 0.717) is 66.7 Å². The highest BCUT2D eigenvalue weighted by Crippen LogP contribution is 2.60. The van der Waals surface area contributed by atoms with Gasteiger partial charge in [0.25, 0.3) is 11.6 Å². The van der Waals surface area contributed by atoms with Crippen LogP contribution in [0, 0.1) is 0 Å². The van der Waals surface area contributed by atoms with Crippen LogP contribution < -0.4 is 9.47 Å². The van der Waals surface area contributed by atoms with Crippen LogP contribution in [-0.2, 0) is 66.4 Å². The predicted octanol–water partition coefficient (Wildman–Crippen LogP) is 1.62. The first-order valence-electron chi connectivity index (χ1n) is 37.9. The zero-order chi connectivity index (χ0) is 99.4. The van der Waals surface area contributed by atoms with Crippen LogP contribution in [0.25, 0.3) is 11.1 Å². The van der Waals surface area contributed by atoms with Crippen LogP contribution in [0.3, 0.4) is 0 Å². The Morgan fingerprint density at radius 1 is 0.397 bits per heavy atom. The topological polar surface area (TPSA) is 883 Å². The Morgan fingerprint density at radius 3 is 1.29 bits per heavy atom. The van der Waals surface area contributed by atoms with Crippen molar-refractivity contribution in [1.29, 1.82) is 0 Å². The monoisotopic (exact) mass is 1910 g/mol. The molecular formula is C83H62O53. The number of phenolic OH excluding ortho intramolecular Hbond substituents is 25. The molecule has 0 aliphatic carbocycles. The van der Waals surface area contributed by atoms with Gasteiger partial charge in [-0.25, -0.2) is 43.2 Å². The average Bonchev–Trinajstić information content (AvgIpc) is 1.54. The number of ether oxygens (including phenoxy) is 14. The largest absolute Gasteiger partial charge is 0.504 e. The predicted molar refractivity (Wildman–Crippen MR) is 419 cm³/mol.